The van der Waals surface area contributed by atoms with Gasteiger partial charge in [0.1, 0.15) is 0 Å². The number of aromatic nitrogens is 2. The van der Waals surface area contributed by atoms with E-state index in [2.05, 4.69) is 28.1 Å². The lowest BCUT2D eigenvalue weighted by Crippen LogP contribution is -2.21. The Kier molecular flexibility index (Phi) is 3.76. The van der Waals surface area contributed by atoms with E-state index in [4.69, 9.17) is 0 Å². The van der Waals surface area contributed by atoms with Gasteiger partial charge in [0.25, 0.3) is 0 Å². The minimum Gasteiger partial charge on any atom is -0.321 e. The van der Waals surface area contributed by atoms with E-state index in [9.17, 15) is 0 Å². The van der Waals surface area contributed by atoms with E-state index in [-0.39, 0.29) is 0 Å². The molecule has 0 atom stereocenters. The fourth-order valence-electron chi connectivity index (χ4n) is 2.06. The molecule has 3 rings (SSSR count). The van der Waals surface area contributed by atoms with Gasteiger partial charge in [0.2, 0.25) is 0 Å². The van der Waals surface area contributed by atoms with Crippen molar-refractivity contribution < 1.29 is 0 Å². The summed E-state index contributed by atoms with van der Waals surface area (Å²) in [6.07, 6.45) is 3.73. The van der Waals surface area contributed by atoms with Crippen LogP contribution in [0.1, 0.15) is 5.56 Å². The van der Waals surface area contributed by atoms with Crippen LogP contribution in [0.4, 0.5) is 5.69 Å². The Morgan fingerprint density at radius 3 is 2.50 bits per heavy atom. The highest BCUT2D eigenvalue weighted by Crippen LogP contribution is 2.13. The second-order valence-electron chi connectivity index (χ2n) is 4.42. The molecule has 4 heteroatoms. The van der Waals surface area contributed by atoms with Crippen molar-refractivity contribution in [1.29, 1.82) is 0 Å². The summed E-state index contributed by atoms with van der Waals surface area (Å²) in [7, 11) is 0. The van der Waals surface area contributed by atoms with E-state index < -0.39 is 0 Å². The van der Waals surface area contributed by atoms with Crippen LogP contribution in [0.3, 0.4) is 0 Å². The molecule has 3 aromatic rings. The summed E-state index contributed by atoms with van der Waals surface area (Å²) < 4.78 is 1.87. The number of hydrogen-bond donors (Lipinski definition) is 2. The van der Waals surface area contributed by atoms with Gasteiger partial charge >= 0.3 is 0 Å². The van der Waals surface area contributed by atoms with Crippen LogP contribution in [0.25, 0.3) is 5.69 Å². The van der Waals surface area contributed by atoms with Gasteiger partial charge in [0.05, 0.1) is 5.69 Å². The van der Waals surface area contributed by atoms with Crippen molar-refractivity contribution in [1.82, 2.24) is 15.2 Å². The van der Waals surface area contributed by atoms with Gasteiger partial charge in [-0.3, -0.25) is 0 Å². The van der Waals surface area contributed by atoms with E-state index in [0.717, 1.165) is 11.4 Å². The van der Waals surface area contributed by atoms with Crippen LogP contribution in [0, 0.1) is 0 Å². The number of hydrazine groups is 1. The lowest BCUT2D eigenvalue weighted by molar-refractivity contribution is 0.778. The Bertz CT molecular complexity index is 647. The van der Waals surface area contributed by atoms with Crippen molar-refractivity contribution in [2.24, 2.45) is 0 Å². The van der Waals surface area contributed by atoms with Crippen LogP contribution in [0.15, 0.2) is 73.1 Å². The van der Waals surface area contributed by atoms with E-state index in [1.54, 1.807) is 6.20 Å². The molecule has 0 saturated heterocycles. The maximum atomic E-state index is 4.28. The molecule has 0 radical (unpaired) electrons. The predicted octanol–water partition coefficient (Wildman–Crippen LogP) is 2.99. The third-order valence-electron chi connectivity index (χ3n) is 3.03. The van der Waals surface area contributed by atoms with Crippen molar-refractivity contribution in [2.75, 3.05) is 5.43 Å². The third kappa shape index (κ3) is 2.87. The normalized spacial score (nSPS) is 10.4. The van der Waals surface area contributed by atoms with E-state index in [1.807, 2.05) is 59.4 Å². The average Bonchev–Trinajstić information content (AvgIpc) is 3.03. The van der Waals surface area contributed by atoms with Crippen molar-refractivity contribution >= 4 is 5.69 Å². The molecule has 100 valence electrons. The molecule has 20 heavy (non-hydrogen) atoms. The zero-order valence-electron chi connectivity index (χ0n) is 11.0. The zero-order chi connectivity index (χ0) is 13.6. The topological polar surface area (TPSA) is 41.9 Å². The van der Waals surface area contributed by atoms with Gasteiger partial charge in [0, 0.05) is 24.6 Å². The van der Waals surface area contributed by atoms with Gasteiger partial charge in [-0.2, -0.15) is 5.10 Å². The van der Waals surface area contributed by atoms with E-state index in [0.29, 0.717) is 6.54 Å². The highest BCUT2D eigenvalue weighted by atomic mass is 15.4. The summed E-state index contributed by atoms with van der Waals surface area (Å²) in [4.78, 5) is 0. The van der Waals surface area contributed by atoms with Crippen molar-refractivity contribution in [3.63, 3.8) is 0 Å². The number of hydrogen-bond acceptors (Lipinski definition) is 3. The molecule has 0 amide bonds. The molecule has 0 saturated carbocycles. The first-order valence-corrected chi connectivity index (χ1v) is 6.55. The molecule has 0 aliphatic heterocycles. The first-order valence-electron chi connectivity index (χ1n) is 6.55. The number of nitrogens with zero attached hydrogens (tertiary/aromatic N) is 2. The smallest absolute Gasteiger partial charge is 0.0691 e. The standard InChI is InChI=1S/C16H16N4/c1-2-8-15(9-3-1)19-17-13-14-7-4-5-10-16(14)20-12-6-11-18-20/h1-12,17,19H,13H2. The van der Waals surface area contributed by atoms with E-state index >= 15 is 0 Å². The molecule has 1 heterocycles. The first kappa shape index (κ1) is 12.4. The first-order chi connectivity index (χ1) is 9.93. The molecule has 0 bridgehead atoms. The van der Waals surface area contributed by atoms with Crippen LogP contribution in [0.2, 0.25) is 0 Å². The zero-order valence-corrected chi connectivity index (χ0v) is 11.0. The number of para-hydroxylation sites is 2. The minimum absolute atomic E-state index is 0.713. The maximum absolute atomic E-state index is 4.28. The number of rotatable bonds is 5. The molecule has 0 aliphatic rings. The second-order valence-corrected chi connectivity index (χ2v) is 4.42. The highest BCUT2D eigenvalue weighted by Gasteiger charge is 2.03. The molecule has 4 nitrogen and oxygen atoms in total. The van der Waals surface area contributed by atoms with Gasteiger partial charge in [0.15, 0.2) is 0 Å². The van der Waals surface area contributed by atoms with Crippen molar-refractivity contribution in [3.8, 4) is 5.69 Å². The quantitative estimate of drug-likeness (QED) is 0.696. The van der Waals surface area contributed by atoms with Gasteiger partial charge in [-0.05, 0) is 29.8 Å². The predicted molar refractivity (Wildman–Crippen MR) is 80.5 cm³/mol. The lowest BCUT2D eigenvalue weighted by atomic mass is 10.2. The summed E-state index contributed by atoms with van der Waals surface area (Å²) in [5.41, 5.74) is 9.72. The molecule has 0 unspecified atom stereocenters. The Morgan fingerprint density at radius 2 is 1.70 bits per heavy atom. The highest BCUT2D eigenvalue weighted by molar-refractivity contribution is 5.43. The third-order valence-corrected chi connectivity index (χ3v) is 3.03. The van der Waals surface area contributed by atoms with Crippen LogP contribution in [0.5, 0.6) is 0 Å². The van der Waals surface area contributed by atoms with Crippen LogP contribution in [-0.4, -0.2) is 9.78 Å². The summed E-state index contributed by atoms with van der Waals surface area (Å²) in [6, 6.07) is 20.2. The molecule has 1 aromatic heterocycles. The van der Waals surface area contributed by atoms with Crippen LogP contribution in [-0.2, 0) is 6.54 Å². The van der Waals surface area contributed by atoms with Gasteiger partial charge < -0.3 is 5.43 Å². The SMILES string of the molecule is c1ccc(NNCc2ccccc2-n2cccn2)cc1. The molecule has 0 aliphatic carbocycles. The lowest BCUT2D eigenvalue weighted by Gasteiger charge is -2.12. The fraction of sp³-hybridized carbons (Fsp3) is 0.0625. The monoisotopic (exact) mass is 264 g/mol. The number of benzene rings is 2. The molecular formula is C16H16N4. The van der Waals surface area contributed by atoms with Gasteiger partial charge in [-0.1, -0.05) is 36.4 Å². The summed E-state index contributed by atoms with van der Waals surface area (Å²) in [5.74, 6) is 0. The summed E-state index contributed by atoms with van der Waals surface area (Å²) >= 11 is 0. The maximum Gasteiger partial charge on any atom is 0.0691 e. The molecule has 2 aromatic carbocycles. The summed E-state index contributed by atoms with van der Waals surface area (Å²) in [6.45, 7) is 0.713. The Balaban J connectivity index is 1.69. The largest absolute Gasteiger partial charge is 0.321 e. The Morgan fingerprint density at radius 1 is 0.900 bits per heavy atom. The molecule has 0 spiro atoms. The number of anilines is 1. The summed E-state index contributed by atoms with van der Waals surface area (Å²) in [5, 5.41) is 4.28. The average molecular weight is 264 g/mol. The second kappa shape index (κ2) is 6.04. The van der Waals surface area contributed by atoms with E-state index in [1.165, 1.54) is 5.56 Å². The van der Waals surface area contributed by atoms with Crippen molar-refractivity contribution in [2.45, 2.75) is 6.54 Å². The van der Waals surface area contributed by atoms with Crippen LogP contribution >= 0.6 is 0 Å². The minimum atomic E-state index is 0.713. The molecule has 0 fully saturated rings. The Hall–Kier alpha value is -2.59. The van der Waals surface area contributed by atoms with Crippen LogP contribution < -0.4 is 10.9 Å². The van der Waals surface area contributed by atoms with Crippen molar-refractivity contribution in [3.05, 3.63) is 78.6 Å². The fourth-order valence-corrected chi connectivity index (χ4v) is 2.06. The van der Waals surface area contributed by atoms with Gasteiger partial charge in [-0.15, -0.1) is 0 Å². The molecular weight excluding hydrogens is 248 g/mol. The van der Waals surface area contributed by atoms with Gasteiger partial charge in [-0.25, -0.2) is 10.1 Å². The molecule has 2 N–H and O–H groups in total. The Labute approximate surface area is 118 Å². The number of nitrogens with one attached hydrogen (secondary N) is 2.